The van der Waals surface area contributed by atoms with E-state index in [0.29, 0.717) is 29.2 Å². The summed E-state index contributed by atoms with van der Waals surface area (Å²) >= 11 is 0. The van der Waals surface area contributed by atoms with Gasteiger partial charge >= 0.3 is 17.9 Å². The van der Waals surface area contributed by atoms with Gasteiger partial charge in [-0.1, -0.05) is 41.0 Å². The quantitative estimate of drug-likeness (QED) is 0.464. The first kappa shape index (κ1) is 24.8. The van der Waals surface area contributed by atoms with Crippen LogP contribution in [0.15, 0.2) is 11.1 Å². The van der Waals surface area contributed by atoms with Gasteiger partial charge in [0.15, 0.2) is 0 Å². The van der Waals surface area contributed by atoms with Crippen molar-refractivity contribution in [3.63, 3.8) is 0 Å². The molecule has 8 atom stereocenters. The second-order valence-corrected chi connectivity index (χ2v) is 13.5. The van der Waals surface area contributed by atoms with E-state index in [4.69, 9.17) is 14.2 Å². The molecule has 0 radical (unpaired) electrons. The van der Waals surface area contributed by atoms with Crippen molar-refractivity contribution in [2.24, 2.45) is 39.4 Å². The maximum absolute atomic E-state index is 13.3. The Morgan fingerprint density at radius 2 is 1.51 bits per heavy atom. The molecule has 0 unspecified atom stereocenters. The molecule has 1 heterocycles. The van der Waals surface area contributed by atoms with Gasteiger partial charge in [-0.3, -0.25) is 9.59 Å². The van der Waals surface area contributed by atoms with Crippen LogP contribution in [0.25, 0.3) is 0 Å². The summed E-state index contributed by atoms with van der Waals surface area (Å²) in [6.07, 6.45) is 6.98. The zero-order valence-electron chi connectivity index (χ0n) is 22.5. The van der Waals surface area contributed by atoms with Crippen LogP contribution in [0.2, 0.25) is 0 Å². The number of fused-ring (bicyclic) bond motifs is 6. The second kappa shape index (κ2) is 7.82. The number of carbonyl (C=O) groups excluding carboxylic acids is 3. The van der Waals surface area contributed by atoms with E-state index in [2.05, 4.69) is 34.6 Å². The predicted molar refractivity (Wildman–Crippen MR) is 130 cm³/mol. The highest BCUT2D eigenvalue weighted by atomic mass is 16.7. The number of hydrogen-bond acceptors (Lipinski definition) is 6. The maximum Gasteiger partial charge on any atom is 0.338 e. The smallest absolute Gasteiger partial charge is 0.338 e. The molecule has 35 heavy (non-hydrogen) atoms. The van der Waals surface area contributed by atoms with E-state index in [1.165, 1.54) is 39.5 Å². The van der Waals surface area contributed by atoms with E-state index in [1.807, 2.05) is 0 Å². The number of carbonyl (C=O) groups is 3. The zero-order valence-corrected chi connectivity index (χ0v) is 22.5. The molecule has 0 spiro atoms. The molecule has 6 heteroatoms. The number of ether oxygens (including phenoxy) is 3. The summed E-state index contributed by atoms with van der Waals surface area (Å²) in [5.41, 5.74) is 1.22. The van der Waals surface area contributed by atoms with Crippen LogP contribution in [0.4, 0.5) is 0 Å². The number of rotatable bonds is 2. The lowest BCUT2D eigenvalue weighted by Gasteiger charge is -2.70. The molecule has 0 aromatic carbocycles. The monoisotopic (exact) mass is 486 g/mol. The van der Waals surface area contributed by atoms with Crippen LogP contribution >= 0.6 is 0 Å². The Balaban J connectivity index is 1.63. The average molecular weight is 487 g/mol. The minimum absolute atomic E-state index is 0.0302. The molecular formula is C29H42O6. The first-order valence-electron chi connectivity index (χ1n) is 13.5. The van der Waals surface area contributed by atoms with Crippen LogP contribution in [0, 0.1) is 39.4 Å². The third-order valence-electron chi connectivity index (χ3n) is 11.3. The number of hydrogen-bond donors (Lipinski definition) is 0. The van der Waals surface area contributed by atoms with Gasteiger partial charge in [-0.05, 0) is 78.9 Å². The predicted octanol–water partition coefficient (Wildman–Crippen LogP) is 5.73. The first-order valence-corrected chi connectivity index (χ1v) is 13.5. The van der Waals surface area contributed by atoms with Gasteiger partial charge < -0.3 is 14.2 Å². The van der Waals surface area contributed by atoms with E-state index in [-0.39, 0.29) is 22.7 Å². The molecule has 5 aliphatic rings. The van der Waals surface area contributed by atoms with Gasteiger partial charge in [-0.25, -0.2) is 4.79 Å². The molecule has 4 aliphatic carbocycles. The van der Waals surface area contributed by atoms with Crippen LogP contribution < -0.4 is 0 Å². The maximum atomic E-state index is 13.3. The van der Waals surface area contributed by atoms with Crippen LogP contribution in [0.1, 0.15) is 99.8 Å². The summed E-state index contributed by atoms with van der Waals surface area (Å²) in [6.45, 7) is 14.7. The molecule has 0 aromatic heterocycles. The molecule has 0 aromatic rings. The van der Waals surface area contributed by atoms with E-state index in [1.54, 1.807) is 0 Å². The standard InChI is InChI=1S/C29H42O6/c1-16(30)33-22-15-21-27(5)13-8-12-26(3,4)19(27)11-14-28(21,6)20-10-9-18-23(29(20,22)7)24(32)35-25(18)34-17(2)31/h19-22,25H,8-15H2,1-7H3/t19-,20-,21+,22+,25+,27-,28-,29+/m0/s1. The van der Waals surface area contributed by atoms with E-state index < -0.39 is 29.7 Å². The van der Waals surface area contributed by atoms with Crippen molar-refractivity contribution in [3.05, 3.63) is 11.1 Å². The Morgan fingerprint density at radius 1 is 0.857 bits per heavy atom. The molecule has 3 saturated carbocycles. The van der Waals surface area contributed by atoms with Crippen molar-refractivity contribution < 1.29 is 28.6 Å². The van der Waals surface area contributed by atoms with Crippen molar-refractivity contribution in [2.45, 2.75) is 112 Å². The lowest BCUT2D eigenvalue weighted by Crippen LogP contribution is -2.66. The fourth-order valence-electron chi connectivity index (χ4n) is 10.2. The zero-order chi connectivity index (χ0) is 25.6. The Kier molecular flexibility index (Phi) is 5.55. The van der Waals surface area contributed by atoms with Crippen LogP contribution in [-0.4, -0.2) is 30.3 Å². The minimum atomic E-state index is -0.955. The van der Waals surface area contributed by atoms with Gasteiger partial charge in [0.25, 0.3) is 6.29 Å². The summed E-state index contributed by atoms with van der Waals surface area (Å²) < 4.78 is 17.1. The summed E-state index contributed by atoms with van der Waals surface area (Å²) in [5.74, 6) is 0.0458. The fraction of sp³-hybridized carbons (Fsp3) is 0.828. The second-order valence-electron chi connectivity index (χ2n) is 13.5. The summed E-state index contributed by atoms with van der Waals surface area (Å²) in [5, 5.41) is 0. The van der Waals surface area contributed by atoms with Crippen molar-refractivity contribution >= 4 is 17.9 Å². The number of cyclic esters (lactones) is 1. The summed E-state index contributed by atoms with van der Waals surface area (Å²) in [6, 6.07) is 0. The van der Waals surface area contributed by atoms with Gasteiger partial charge in [0.1, 0.15) is 6.10 Å². The molecular weight excluding hydrogens is 444 g/mol. The van der Waals surface area contributed by atoms with Crippen LogP contribution in [0.5, 0.6) is 0 Å². The normalized spacial score (nSPS) is 45.9. The molecule has 0 bridgehead atoms. The van der Waals surface area contributed by atoms with E-state index in [9.17, 15) is 14.4 Å². The highest BCUT2D eigenvalue weighted by Crippen LogP contribution is 2.73. The first-order chi connectivity index (χ1) is 16.2. The number of esters is 3. The van der Waals surface area contributed by atoms with Gasteiger partial charge in [0.2, 0.25) is 0 Å². The fourth-order valence-corrected chi connectivity index (χ4v) is 10.2. The molecule has 5 rings (SSSR count). The van der Waals surface area contributed by atoms with Crippen LogP contribution in [-0.2, 0) is 28.6 Å². The average Bonchev–Trinajstić information content (AvgIpc) is 3.04. The summed E-state index contributed by atoms with van der Waals surface area (Å²) in [4.78, 5) is 37.4. The largest absolute Gasteiger partial charge is 0.462 e. The highest BCUT2D eigenvalue weighted by molar-refractivity contribution is 5.94. The van der Waals surface area contributed by atoms with Crippen molar-refractivity contribution in [2.75, 3.05) is 0 Å². The lowest BCUT2D eigenvalue weighted by atomic mass is 9.35. The van der Waals surface area contributed by atoms with Crippen LogP contribution in [0.3, 0.4) is 0 Å². The van der Waals surface area contributed by atoms with Gasteiger partial charge in [0.05, 0.1) is 5.57 Å². The minimum Gasteiger partial charge on any atom is -0.462 e. The topological polar surface area (TPSA) is 78.9 Å². The van der Waals surface area contributed by atoms with Gasteiger partial charge in [-0.15, -0.1) is 0 Å². The molecule has 3 fully saturated rings. The summed E-state index contributed by atoms with van der Waals surface area (Å²) in [7, 11) is 0. The molecule has 1 aliphatic heterocycles. The van der Waals surface area contributed by atoms with E-state index >= 15 is 0 Å². The Bertz CT molecular complexity index is 995. The highest BCUT2D eigenvalue weighted by Gasteiger charge is 2.70. The Morgan fingerprint density at radius 3 is 2.17 bits per heavy atom. The van der Waals surface area contributed by atoms with Gasteiger partial charge in [0, 0.05) is 24.8 Å². The van der Waals surface area contributed by atoms with Gasteiger partial charge in [-0.2, -0.15) is 0 Å². The molecule has 0 N–H and O–H groups in total. The third kappa shape index (κ3) is 3.37. The lowest BCUT2D eigenvalue weighted by molar-refractivity contribution is -0.225. The SMILES string of the molecule is CC(=O)O[C@@H]1OC(=O)C2=C1CC[C@H]1[C@]3(C)CC[C@H]4C(C)(C)CCC[C@]4(C)[C@H]3C[C@@H](OC(C)=O)[C@]21C. The van der Waals surface area contributed by atoms with Crippen molar-refractivity contribution in [1.29, 1.82) is 0 Å². The molecule has 0 saturated heterocycles. The molecule has 0 amide bonds. The third-order valence-corrected chi connectivity index (χ3v) is 11.3. The van der Waals surface area contributed by atoms with Crippen molar-refractivity contribution in [3.8, 4) is 0 Å². The van der Waals surface area contributed by atoms with Crippen molar-refractivity contribution in [1.82, 2.24) is 0 Å². The molecule has 194 valence electrons. The molecule has 6 nitrogen and oxygen atoms in total. The Labute approximate surface area is 209 Å². The Hall–Kier alpha value is -1.85. The van der Waals surface area contributed by atoms with E-state index in [0.717, 1.165) is 24.8 Å².